The molecule has 3 aromatic rings. The minimum Gasteiger partial charge on any atom is -0.308 e. The first-order valence-corrected chi connectivity index (χ1v) is 10.1. The summed E-state index contributed by atoms with van der Waals surface area (Å²) in [5.74, 6) is -0.0218. The van der Waals surface area contributed by atoms with Gasteiger partial charge in [0.05, 0.1) is 10.2 Å². The Kier molecular flexibility index (Phi) is 7.46. The maximum absolute atomic E-state index is 13.3. The van der Waals surface area contributed by atoms with E-state index in [1.807, 2.05) is 59.1 Å². The molecule has 2 aromatic carbocycles. The van der Waals surface area contributed by atoms with Crippen LogP contribution in [0.1, 0.15) is 27.0 Å². The summed E-state index contributed by atoms with van der Waals surface area (Å²) in [7, 11) is 4.00. The van der Waals surface area contributed by atoms with Gasteiger partial charge in [0.2, 0.25) is 0 Å². The molecule has 28 heavy (non-hydrogen) atoms. The number of anilines is 1. The van der Waals surface area contributed by atoms with Crippen molar-refractivity contribution in [1.82, 2.24) is 9.88 Å². The Bertz CT molecular complexity index is 980. The zero-order chi connectivity index (χ0) is 19.7. The topological polar surface area (TPSA) is 36.4 Å². The average Bonchev–Trinajstić information content (AvgIpc) is 2.97. The molecule has 0 aliphatic rings. The first kappa shape index (κ1) is 22.6. The molecular formula is C21H25Cl2N3OS. The van der Waals surface area contributed by atoms with Gasteiger partial charge in [0.15, 0.2) is 5.13 Å². The van der Waals surface area contributed by atoms with Crippen LogP contribution < -0.4 is 4.90 Å². The Morgan fingerprint density at radius 1 is 1.04 bits per heavy atom. The third kappa shape index (κ3) is 5.03. The van der Waals surface area contributed by atoms with Gasteiger partial charge in [-0.1, -0.05) is 40.1 Å². The van der Waals surface area contributed by atoms with E-state index >= 15 is 0 Å². The van der Waals surface area contributed by atoms with Crippen LogP contribution >= 0.6 is 35.3 Å². The van der Waals surface area contributed by atoms with Crippen molar-refractivity contribution in [2.24, 2.45) is 0 Å². The molecule has 7 heteroatoms. The molecule has 1 amide bonds. The van der Waals surface area contributed by atoms with Gasteiger partial charge < -0.3 is 4.90 Å². The second kappa shape index (κ2) is 9.23. The summed E-state index contributed by atoms with van der Waals surface area (Å²) in [5.41, 5.74) is 4.78. The fourth-order valence-corrected chi connectivity index (χ4v) is 4.54. The number of fused-ring (bicyclic) bond motifs is 1. The predicted molar refractivity (Wildman–Crippen MR) is 123 cm³/mol. The van der Waals surface area contributed by atoms with Gasteiger partial charge >= 0.3 is 0 Å². The molecule has 150 valence electrons. The molecule has 0 aliphatic heterocycles. The van der Waals surface area contributed by atoms with Crippen LogP contribution in [0.4, 0.5) is 5.13 Å². The number of rotatable bonds is 5. The smallest absolute Gasteiger partial charge is 0.260 e. The Labute approximate surface area is 181 Å². The summed E-state index contributed by atoms with van der Waals surface area (Å²) in [6, 6.07) is 9.77. The number of likely N-dealkylation sites (N-methyl/N-ethyl adjacent to an activating group) is 1. The molecule has 0 radical (unpaired) electrons. The highest BCUT2D eigenvalue weighted by Crippen LogP contribution is 2.33. The van der Waals surface area contributed by atoms with Gasteiger partial charge in [-0.15, -0.1) is 12.4 Å². The summed E-state index contributed by atoms with van der Waals surface area (Å²) in [6.45, 7) is 7.35. The van der Waals surface area contributed by atoms with Gasteiger partial charge in [0, 0.05) is 23.7 Å². The highest BCUT2D eigenvalue weighted by atomic mass is 35.5. The van der Waals surface area contributed by atoms with E-state index < -0.39 is 0 Å². The van der Waals surface area contributed by atoms with E-state index in [0.29, 0.717) is 22.3 Å². The SMILES string of the molecule is Cc1cc(C)cc(C(=O)N(CCN(C)C)c2nc3c(C)cc(Cl)cc3s2)c1.Cl. The highest BCUT2D eigenvalue weighted by molar-refractivity contribution is 7.22. The van der Waals surface area contributed by atoms with Crippen LogP contribution in [0.2, 0.25) is 5.02 Å². The molecule has 1 aromatic heterocycles. The monoisotopic (exact) mass is 437 g/mol. The second-order valence-corrected chi connectivity index (χ2v) is 8.65. The highest BCUT2D eigenvalue weighted by Gasteiger charge is 2.22. The molecule has 0 fully saturated rings. The maximum Gasteiger partial charge on any atom is 0.260 e. The Morgan fingerprint density at radius 3 is 2.29 bits per heavy atom. The van der Waals surface area contributed by atoms with Gasteiger partial charge in [-0.05, 0) is 64.7 Å². The zero-order valence-corrected chi connectivity index (χ0v) is 19.1. The molecule has 0 saturated carbocycles. The van der Waals surface area contributed by atoms with Crippen LogP contribution in [-0.2, 0) is 0 Å². The van der Waals surface area contributed by atoms with Crippen LogP contribution in [0.3, 0.4) is 0 Å². The number of carbonyl (C=O) groups excluding carboxylic acids is 1. The van der Waals surface area contributed by atoms with Crippen molar-refractivity contribution in [3.05, 3.63) is 57.6 Å². The first-order valence-electron chi connectivity index (χ1n) is 8.86. The third-order valence-corrected chi connectivity index (χ3v) is 5.60. The number of benzene rings is 2. The number of nitrogens with zero attached hydrogens (tertiary/aromatic N) is 3. The minimum absolute atomic E-state index is 0. The molecule has 0 unspecified atom stereocenters. The summed E-state index contributed by atoms with van der Waals surface area (Å²) < 4.78 is 0.998. The van der Waals surface area contributed by atoms with E-state index in [1.165, 1.54) is 11.3 Å². The van der Waals surface area contributed by atoms with Crippen molar-refractivity contribution >= 4 is 56.6 Å². The van der Waals surface area contributed by atoms with Crippen molar-refractivity contribution < 1.29 is 4.79 Å². The fraction of sp³-hybridized carbons (Fsp3) is 0.333. The molecule has 1 heterocycles. The number of hydrogen-bond acceptors (Lipinski definition) is 4. The number of hydrogen-bond donors (Lipinski definition) is 0. The van der Waals surface area contributed by atoms with E-state index in [-0.39, 0.29) is 18.3 Å². The summed E-state index contributed by atoms with van der Waals surface area (Å²) in [6.07, 6.45) is 0. The van der Waals surface area contributed by atoms with Crippen LogP contribution in [0.25, 0.3) is 10.2 Å². The minimum atomic E-state index is -0.0218. The summed E-state index contributed by atoms with van der Waals surface area (Å²) >= 11 is 7.71. The first-order chi connectivity index (χ1) is 12.7. The molecule has 0 N–H and O–H groups in total. The van der Waals surface area contributed by atoms with Gasteiger partial charge in [0.25, 0.3) is 5.91 Å². The average molecular weight is 438 g/mol. The molecule has 0 saturated heterocycles. The van der Waals surface area contributed by atoms with Crippen molar-refractivity contribution in [2.75, 3.05) is 32.1 Å². The normalized spacial score (nSPS) is 11.0. The zero-order valence-electron chi connectivity index (χ0n) is 16.7. The Morgan fingerprint density at radius 2 is 1.68 bits per heavy atom. The molecular weight excluding hydrogens is 413 g/mol. The largest absolute Gasteiger partial charge is 0.308 e. The lowest BCUT2D eigenvalue weighted by Gasteiger charge is -2.22. The predicted octanol–water partition coefficient (Wildman–Crippen LogP) is 5.51. The van der Waals surface area contributed by atoms with E-state index in [2.05, 4.69) is 11.0 Å². The lowest BCUT2D eigenvalue weighted by atomic mass is 10.1. The van der Waals surface area contributed by atoms with Crippen LogP contribution in [0.5, 0.6) is 0 Å². The lowest BCUT2D eigenvalue weighted by Crippen LogP contribution is -2.36. The second-order valence-electron chi connectivity index (χ2n) is 7.20. The van der Waals surface area contributed by atoms with Crippen molar-refractivity contribution in [3.8, 4) is 0 Å². The van der Waals surface area contributed by atoms with Gasteiger partial charge in [0.1, 0.15) is 0 Å². The molecule has 3 rings (SSSR count). The number of amides is 1. The van der Waals surface area contributed by atoms with E-state index in [0.717, 1.165) is 33.5 Å². The molecule has 0 atom stereocenters. The van der Waals surface area contributed by atoms with Crippen LogP contribution in [-0.4, -0.2) is 43.0 Å². The Hall–Kier alpha value is -1.66. The van der Waals surface area contributed by atoms with E-state index in [9.17, 15) is 4.79 Å². The summed E-state index contributed by atoms with van der Waals surface area (Å²) in [4.78, 5) is 22.0. The van der Waals surface area contributed by atoms with Crippen LogP contribution in [0.15, 0.2) is 30.3 Å². The number of aromatic nitrogens is 1. The van der Waals surface area contributed by atoms with Crippen LogP contribution in [0, 0.1) is 20.8 Å². The van der Waals surface area contributed by atoms with Crippen molar-refractivity contribution in [1.29, 1.82) is 0 Å². The van der Waals surface area contributed by atoms with Gasteiger partial charge in [-0.2, -0.15) is 0 Å². The van der Waals surface area contributed by atoms with E-state index in [4.69, 9.17) is 16.6 Å². The standard InChI is InChI=1S/C21H24ClN3OS.ClH/c1-13-8-14(2)10-16(9-13)20(26)25(7-6-24(4)5)21-23-19-15(3)11-17(22)12-18(19)27-21;/h8-12H,6-7H2,1-5H3;1H. The van der Waals surface area contributed by atoms with Gasteiger partial charge in [-0.3, -0.25) is 9.69 Å². The third-order valence-electron chi connectivity index (χ3n) is 4.35. The van der Waals surface area contributed by atoms with Crippen molar-refractivity contribution in [3.63, 3.8) is 0 Å². The maximum atomic E-state index is 13.3. The number of halogens is 2. The molecule has 0 spiro atoms. The fourth-order valence-electron chi connectivity index (χ4n) is 3.10. The molecule has 0 bridgehead atoms. The van der Waals surface area contributed by atoms with Gasteiger partial charge in [-0.25, -0.2) is 4.98 Å². The molecule has 4 nitrogen and oxygen atoms in total. The van der Waals surface area contributed by atoms with Crippen molar-refractivity contribution in [2.45, 2.75) is 20.8 Å². The quantitative estimate of drug-likeness (QED) is 0.528. The number of thiazole rings is 1. The number of carbonyl (C=O) groups is 1. The molecule has 0 aliphatic carbocycles. The Balaban J connectivity index is 0.00000280. The van der Waals surface area contributed by atoms with E-state index in [1.54, 1.807) is 4.90 Å². The number of aryl methyl sites for hydroxylation is 3. The lowest BCUT2D eigenvalue weighted by molar-refractivity contribution is 0.0985. The summed E-state index contributed by atoms with van der Waals surface area (Å²) in [5, 5.41) is 1.40.